The number of nitrogens with two attached hydrogens (primary N) is 1. The Hall–Kier alpha value is -2.79. The number of aryl methyl sites for hydroxylation is 1. The minimum Gasteiger partial charge on any atom is -0.366 e. The predicted octanol–water partition coefficient (Wildman–Crippen LogP) is 3.81. The molecule has 0 aliphatic rings. The topological polar surface area (TPSA) is 77.1 Å². The summed E-state index contributed by atoms with van der Waals surface area (Å²) in [5.74, 6) is -0.631. The SMILES string of the molecule is CCC(NC(=O)c1cc2ccc(Cl)cc2n1C)c1ccc(C(N)=O)cc1. The first kappa shape index (κ1) is 18.0. The number of carbonyl (C=O) groups excluding carboxylic acids is 2. The highest BCUT2D eigenvalue weighted by molar-refractivity contribution is 6.31. The van der Waals surface area contributed by atoms with Crippen molar-refractivity contribution in [3.63, 3.8) is 0 Å². The van der Waals surface area contributed by atoms with Crippen LogP contribution in [0, 0.1) is 0 Å². The monoisotopic (exact) mass is 369 g/mol. The number of carbonyl (C=O) groups is 2. The first-order valence-electron chi connectivity index (χ1n) is 8.36. The zero-order valence-electron chi connectivity index (χ0n) is 14.6. The standard InChI is InChI=1S/C20H20ClN3O2/c1-3-16(12-4-6-13(7-5-12)19(22)25)23-20(26)18-10-14-8-9-15(21)11-17(14)24(18)2/h4-11,16H,3H2,1-2H3,(H2,22,25)(H,23,26). The number of hydrogen-bond acceptors (Lipinski definition) is 2. The minimum absolute atomic E-state index is 0.161. The smallest absolute Gasteiger partial charge is 0.268 e. The Morgan fingerprint density at radius 2 is 1.85 bits per heavy atom. The van der Waals surface area contributed by atoms with Crippen LogP contribution in [0.5, 0.6) is 0 Å². The second-order valence-corrected chi connectivity index (χ2v) is 6.65. The average Bonchev–Trinajstić information content (AvgIpc) is 2.96. The lowest BCUT2D eigenvalue weighted by Crippen LogP contribution is -2.29. The maximum absolute atomic E-state index is 12.8. The fourth-order valence-corrected chi connectivity index (χ4v) is 3.22. The number of aromatic nitrogens is 1. The summed E-state index contributed by atoms with van der Waals surface area (Å²) in [4.78, 5) is 24.0. The van der Waals surface area contributed by atoms with E-state index in [0.717, 1.165) is 22.9 Å². The zero-order chi connectivity index (χ0) is 18.8. The average molecular weight is 370 g/mol. The molecule has 1 aromatic heterocycles. The van der Waals surface area contributed by atoms with E-state index in [4.69, 9.17) is 17.3 Å². The molecular formula is C20H20ClN3O2. The van der Waals surface area contributed by atoms with Crippen molar-refractivity contribution in [2.24, 2.45) is 12.8 Å². The van der Waals surface area contributed by atoms with Crippen LogP contribution in [-0.2, 0) is 7.05 Å². The minimum atomic E-state index is -0.470. The van der Waals surface area contributed by atoms with Crippen LogP contribution in [0.3, 0.4) is 0 Å². The Morgan fingerprint density at radius 3 is 2.46 bits per heavy atom. The highest BCUT2D eigenvalue weighted by atomic mass is 35.5. The van der Waals surface area contributed by atoms with E-state index < -0.39 is 5.91 Å². The Kier molecular flexibility index (Phi) is 5.00. The number of nitrogens with one attached hydrogen (secondary N) is 1. The van der Waals surface area contributed by atoms with Gasteiger partial charge in [0.05, 0.1) is 6.04 Å². The summed E-state index contributed by atoms with van der Waals surface area (Å²) in [6.07, 6.45) is 0.720. The van der Waals surface area contributed by atoms with Gasteiger partial charge in [-0.3, -0.25) is 9.59 Å². The molecule has 0 saturated heterocycles. The molecule has 1 unspecified atom stereocenters. The molecular weight excluding hydrogens is 350 g/mol. The lowest BCUT2D eigenvalue weighted by atomic mass is 10.0. The first-order chi connectivity index (χ1) is 12.4. The van der Waals surface area contributed by atoms with E-state index in [0.29, 0.717) is 16.3 Å². The van der Waals surface area contributed by atoms with Crippen molar-refractivity contribution in [3.05, 3.63) is 70.4 Å². The number of primary amides is 1. The molecule has 0 bridgehead atoms. The number of hydrogen-bond donors (Lipinski definition) is 2. The van der Waals surface area contributed by atoms with Crippen LogP contribution in [0.2, 0.25) is 5.02 Å². The van der Waals surface area contributed by atoms with Crippen LogP contribution in [0.25, 0.3) is 10.9 Å². The number of amides is 2. The van der Waals surface area contributed by atoms with Gasteiger partial charge in [-0.25, -0.2) is 0 Å². The van der Waals surface area contributed by atoms with Crippen molar-refractivity contribution in [3.8, 4) is 0 Å². The van der Waals surface area contributed by atoms with E-state index >= 15 is 0 Å². The maximum atomic E-state index is 12.8. The summed E-state index contributed by atoms with van der Waals surface area (Å²) >= 11 is 6.05. The molecule has 0 aliphatic carbocycles. The normalized spacial score (nSPS) is 12.1. The van der Waals surface area contributed by atoms with E-state index in [2.05, 4.69) is 5.32 Å². The molecule has 0 aliphatic heterocycles. The fraction of sp³-hybridized carbons (Fsp3) is 0.200. The second kappa shape index (κ2) is 7.22. The van der Waals surface area contributed by atoms with Gasteiger partial charge < -0.3 is 15.6 Å². The molecule has 0 fully saturated rings. The Labute approximate surface area is 156 Å². The first-order valence-corrected chi connectivity index (χ1v) is 8.74. The molecule has 0 radical (unpaired) electrons. The van der Waals surface area contributed by atoms with Crippen LogP contribution in [-0.4, -0.2) is 16.4 Å². The molecule has 1 atom stereocenters. The maximum Gasteiger partial charge on any atom is 0.268 e. The number of fused-ring (bicyclic) bond motifs is 1. The predicted molar refractivity (Wildman–Crippen MR) is 103 cm³/mol. The van der Waals surface area contributed by atoms with Crippen molar-refractivity contribution in [2.45, 2.75) is 19.4 Å². The Balaban J connectivity index is 1.85. The van der Waals surface area contributed by atoms with Gasteiger partial charge >= 0.3 is 0 Å². The summed E-state index contributed by atoms with van der Waals surface area (Å²) in [5.41, 5.74) is 8.11. The van der Waals surface area contributed by atoms with E-state index in [1.165, 1.54) is 0 Å². The third-order valence-electron chi connectivity index (χ3n) is 4.55. The number of halogens is 1. The van der Waals surface area contributed by atoms with Crippen LogP contribution >= 0.6 is 11.6 Å². The van der Waals surface area contributed by atoms with Gasteiger partial charge in [0.25, 0.3) is 5.91 Å². The molecule has 5 nitrogen and oxygen atoms in total. The van der Waals surface area contributed by atoms with Gasteiger partial charge in [-0.15, -0.1) is 0 Å². The third kappa shape index (κ3) is 3.44. The van der Waals surface area contributed by atoms with Crippen LogP contribution in [0.4, 0.5) is 0 Å². The summed E-state index contributed by atoms with van der Waals surface area (Å²) < 4.78 is 1.83. The number of nitrogens with zero attached hydrogens (tertiary/aromatic N) is 1. The Bertz CT molecular complexity index is 977. The van der Waals surface area contributed by atoms with Gasteiger partial charge in [0, 0.05) is 28.5 Å². The molecule has 2 aromatic carbocycles. The highest BCUT2D eigenvalue weighted by Gasteiger charge is 2.18. The molecule has 0 spiro atoms. The molecule has 3 aromatic rings. The summed E-state index contributed by atoms with van der Waals surface area (Å²) in [6.45, 7) is 1.99. The summed E-state index contributed by atoms with van der Waals surface area (Å²) in [7, 11) is 1.84. The molecule has 1 heterocycles. The number of rotatable bonds is 5. The lowest BCUT2D eigenvalue weighted by Gasteiger charge is -2.18. The van der Waals surface area contributed by atoms with Gasteiger partial charge in [0.2, 0.25) is 5.91 Å². The van der Waals surface area contributed by atoms with E-state index in [1.54, 1.807) is 18.2 Å². The van der Waals surface area contributed by atoms with Crippen molar-refractivity contribution in [2.75, 3.05) is 0 Å². The van der Waals surface area contributed by atoms with Gasteiger partial charge in [0.1, 0.15) is 5.69 Å². The molecule has 3 N–H and O–H groups in total. The molecule has 3 rings (SSSR count). The van der Waals surface area contributed by atoms with E-state index in [-0.39, 0.29) is 11.9 Å². The van der Waals surface area contributed by atoms with Crippen LogP contribution < -0.4 is 11.1 Å². The van der Waals surface area contributed by atoms with Crippen LogP contribution in [0.15, 0.2) is 48.5 Å². The Morgan fingerprint density at radius 1 is 1.15 bits per heavy atom. The highest BCUT2D eigenvalue weighted by Crippen LogP contribution is 2.24. The van der Waals surface area contributed by atoms with Gasteiger partial charge in [-0.05, 0) is 42.3 Å². The van der Waals surface area contributed by atoms with Gasteiger partial charge in [-0.1, -0.05) is 36.7 Å². The molecule has 134 valence electrons. The van der Waals surface area contributed by atoms with Crippen LogP contribution in [0.1, 0.15) is 45.8 Å². The quantitative estimate of drug-likeness (QED) is 0.717. The molecule has 6 heteroatoms. The van der Waals surface area contributed by atoms with Crippen molar-refractivity contribution < 1.29 is 9.59 Å². The largest absolute Gasteiger partial charge is 0.366 e. The summed E-state index contributed by atoms with van der Waals surface area (Å²) in [5, 5.41) is 4.65. The lowest BCUT2D eigenvalue weighted by molar-refractivity contribution is 0.0926. The number of benzene rings is 2. The van der Waals surface area contributed by atoms with Crippen molar-refractivity contribution >= 4 is 34.3 Å². The van der Waals surface area contributed by atoms with E-state index in [9.17, 15) is 9.59 Å². The molecule has 0 saturated carbocycles. The fourth-order valence-electron chi connectivity index (χ4n) is 3.05. The van der Waals surface area contributed by atoms with Crippen molar-refractivity contribution in [1.29, 1.82) is 0 Å². The van der Waals surface area contributed by atoms with Gasteiger partial charge in [0.15, 0.2) is 0 Å². The summed E-state index contributed by atoms with van der Waals surface area (Å²) in [6, 6.07) is 14.2. The third-order valence-corrected chi connectivity index (χ3v) is 4.79. The zero-order valence-corrected chi connectivity index (χ0v) is 15.4. The van der Waals surface area contributed by atoms with Gasteiger partial charge in [-0.2, -0.15) is 0 Å². The van der Waals surface area contributed by atoms with Crippen molar-refractivity contribution in [1.82, 2.24) is 9.88 Å². The molecule has 2 amide bonds. The second-order valence-electron chi connectivity index (χ2n) is 6.21. The molecule has 26 heavy (non-hydrogen) atoms. The van der Waals surface area contributed by atoms with E-state index in [1.807, 2.05) is 48.9 Å².